The Morgan fingerprint density at radius 3 is 2.68 bits per heavy atom. The highest BCUT2D eigenvalue weighted by atomic mass is 35.5. The average Bonchev–Trinajstić information content (AvgIpc) is 3.63. The van der Waals surface area contributed by atoms with Gasteiger partial charge >= 0.3 is 0 Å². The summed E-state index contributed by atoms with van der Waals surface area (Å²) in [5.41, 5.74) is 3.58. The SMILES string of the molecule is O=C(C(O)c1cccc(Cl)c1)N1CCCc2nc(C3(c4cc(-c5ccccc5)cs4)CC3)[nH]c(=O)c2C1. The van der Waals surface area contributed by atoms with E-state index in [1.807, 2.05) is 18.2 Å². The molecular formula is C29H26ClN3O3S. The molecule has 1 saturated carbocycles. The number of aromatic amines is 1. The predicted octanol–water partition coefficient (Wildman–Crippen LogP) is 5.24. The number of aliphatic hydroxyl groups is 1. The molecular weight excluding hydrogens is 506 g/mol. The lowest BCUT2D eigenvalue weighted by molar-refractivity contribution is -0.141. The summed E-state index contributed by atoms with van der Waals surface area (Å²) in [6.07, 6.45) is 1.83. The number of carbonyl (C=O) groups is 1. The third-order valence-electron chi connectivity index (χ3n) is 7.38. The van der Waals surface area contributed by atoms with Crippen LogP contribution in [0.15, 0.2) is 70.8 Å². The number of nitrogens with one attached hydrogen (secondary N) is 1. The van der Waals surface area contributed by atoms with Gasteiger partial charge in [0.15, 0.2) is 6.10 Å². The second kappa shape index (κ2) is 9.56. The average molecular weight is 532 g/mol. The summed E-state index contributed by atoms with van der Waals surface area (Å²) in [7, 11) is 0. The van der Waals surface area contributed by atoms with Gasteiger partial charge in [-0.2, -0.15) is 0 Å². The van der Waals surface area contributed by atoms with Gasteiger partial charge < -0.3 is 15.0 Å². The van der Waals surface area contributed by atoms with Gasteiger partial charge in [0.1, 0.15) is 5.82 Å². The lowest BCUT2D eigenvalue weighted by Gasteiger charge is -2.24. The maximum Gasteiger partial charge on any atom is 0.256 e. The molecule has 4 aromatic rings. The van der Waals surface area contributed by atoms with Crippen molar-refractivity contribution in [3.8, 4) is 11.1 Å². The highest BCUT2D eigenvalue weighted by Crippen LogP contribution is 2.54. The number of amides is 1. The second-order valence-electron chi connectivity index (χ2n) is 9.81. The molecule has 6 nitrogen and oxygen atoms in total. The molecule has 0 radical (unpaired) electrons. The van der Waals surface area contributed by atoms with E-state index in [1.54, 1.807) is 40.5 Å². The third kappa shape index (κ3) is 4.52. The number of rotatable bonds is 5. The molecule has 2 N–H and O–H groups in total. The number of aromatic nitrogens is 2. The number of H-pyrrole nitrogens is 1. The number of thiophene rings is 1. The first-order valence-electron chi connectivity index (χ1n) is 12.4. The zero-order valence-electron chi connectivity index (χ0n) is 20.1. The Labute approximate surface area is 223 Å². The largest absolute Gasteiger partial charge is 0.378 e. The highest BCUT2D eigenvalue weighted by molar-refractivity contribution is 7.10. The third-order valence-corrected chi connectivity index (χ3v) is 8.75. The van der Waals surface area contributed by atoms with Crippen LogP contribution in [0, 0.1) is 0 Å². The number of halogens is 1. The second-order valence-corrected chi connectivity index (χ2v) is 11.2. The molecule has 0 bridgehead atoms. The van der Waals surface area contributed by atoms with Crippen molar-refractivity contribution in [2.75, 3.05) is 6.54 Å². The van der Waals surface area contributed by atoms with Gasteiger partial charge in [-0.05, 0) is 66.0 Å². The summed E-state index contributed by atoms with van der Waals surface area (Å²) in [5.74, 6) is 0.278. The minimum atomic E-state index is -1.33. The fourth-order valence-corrected chi connectivity index (χ4v) is 6.50. The lowest BCUT2D eigenvalue weighted by atomic mass is 10.0. The van der Waals surface area contributed by atoms with Crippen LogP contribution in [0.3, 0.4) is 0 Å². The van der Waals surface area contributed by atoms with Gasteiger partial charge in [-0.1, -0.05) is 54.1 Å². The number of hydrogen-bond acceptors (Lipinski definition) is 5. The Hall–Kier alpha value is -3.26. The molecule has 0 spiro atoms. The molecule has 1 fully saturated rings. The number of carbonyl (C=O) groups excluding carboxylic acids is 1. The van der Waals surface area contributed by atoms with E-state index < -0.39 is 12.0 Å². The van der Waals surface area contributed by atoms with Crippen LogP contribution in [0.25, 0.3) is 11.1 Å². The zero-order chi connectivity index (χ0) is 25.6. The summed E-state index contributed by atoms with van der Waals surface area (Å²) in [5, 5.41) is 13.3. The summed E-state index contributed by atoms with van der Waals surface area (Å²) >= 11 is 7.75. The van der Waals surface area contributed by atoms with Crippen molar-refractivity contribution in [2.45, 2.75) is 43.7 Å². The minimum absolute atomic E-state index is 0.124. The summed E-state index contributed by atoms with van der Waals surface area (Å²) in [6, 6.07) is 19.1. The molecule has 1 atom stereocenters. The molecule has 2 aromatic heterocycles. The first kappa shape index (κ1) is 24.1. The Balaban J connectivity index is 1.27. The van der Waals surface area contributed by atoms with Crippen molar-refractivity contribution < 1.29 is 9.90 Å². The predicted molar refractivity (Wildman–Crippen MR) is 145 cm³/mol. The highest BCUT2D eigenvalue weighted by Gasteiger charge is 2.50. The summed E-state index contributed by atoms with van der Waals surface area (Å²) in [4.78, 5) is 37.2. The fraction of sp³-hybridized carbons (Fsp3) is 0.276. The van der Waals surface area contributed by atoms with Crippen molar-refractivity contribution in [3.05, 3.63) is 109 Å². The molecule has 2 aliphatic rings. The minimum Gasteiger partial charge on any atom is -0.378 e. The van der Waals surface area contributed by atoms with Crippen LogP contribution in [-0.2, 0) is 23.2 Å². The van der Waals surface area contributed by atoms with Crippen LogP contribution in [-0.4, -0.2) is 32.4 Å². The summed E-state index contributed by atoms with van der Waals surface area (Å²) in [6.45, 7) is 0.566. The molecule has 8 heteroatoms. The van der Waals surface area contributed by atoms with E-state index in [1.165, 1.54) is 16.0 Å². The molecule has 1 unspecified atom stereocenters. The number of aryl methyl sites for hydroxylation is 1. The quantitative estimate of drug-likeness (QED) is 0.369. The topological polar surface area (TPSA) is 86.3 Å². The van der Waals surface area contributed by atoms with E-state index in [4.69, 9.17) is 16.6 Å². The van der Waals surface area contributed by atoms with Gasteiger partial charge in [-0.3, -0.25) is 9.59 Å². The van der Waals surface area contributed by atoms with E-state index in [-0.39, 0.29) is 17.5 Å². The van der Waals surface area contributed by atoms with Crippen molar-refractivity contribution >= 4 is 28.8 Å². The lowest BCUT2D eigenvalue weighted by Crippen LogP contribution is -2.36. The molecule has 2 aromatic carbocycles. The molecule has 1 aliphatic carbocycles. The first-order valence-corrected chi connectivity index (χ1v) is 13.7. The van der Waals surface area contributed by atoms with E-state index >= 15 is 0 Å². The van der Waals surface area contributed by atoms with Gasteiger partial charge in [0, 0.05) is 16.4 Å². The standard InChI is InChI=1S/C29H26ClN3O3S/c30-21-9-4-8-19(14-21)25(34)27(36)33-13-5-10-23-22(16-33)26(35)32-28(31-23)29(11-12-29)24-15-20(17-37-24)18-6-2-1-3-7-18/h1-4,6-9,14-15,17,25,34H,5,10-13,16H2,(H,31,32,35). The van der Waals surface area contributed by atoms with Crippen LogP contribution in [0.1, 0.15) is 52.9 Å². The molecule has 0 saturated heterocycles. The van der Waals surface area contributed by atoms with Gasteiger partial charge in [-0.25, -0.2) is 4.98 Å². The molecule has 188 valence electrons. The van der Waals surface area contributed by atoms with Crippen LogP contribution < -0.4 is 5.56 Å². The van der Waals surface area contributed by atoms with Crippen molar-refractivity contribution in [3.63, 3.8) is 0 Å². The fourth-order valence-electron chi connectivity index (χ4n) is 5.12. The molecule has 37 heavy (non-hydrogen) atoms. The monoisotopic (exact) mass is 531 g/mol. The number of aliphatic hydroxyl groups excluding tert-OH is 1. The molecule has 6 rings (SSSR count). The van der Waals surface area contributed by atoms with E-state index in [0.29, 0.717) is 35.5 Å². The zero-order valence-corrected chi connectivity index (χ0v) is 21.7. The number of nitrogens with zero attached hydrogens (tertiary/aromatic N) is 2. The van der Waals surface area contributed by atoms with Crippen LogP contribution in [0.2, 0.25) is 5.02 Å². The number of benzene rings is 2. The van der Waals surface area contributed by atoms with Crippen molar-refractivity contribution in [1.82, 2.24) is 14.9 Å². The normalized spacial score (nSPS) is 17.1. The number of hydrogen-bond donors (Lipinski definition) is 2. The van der Waals surface area contributed by atoms with Crippen LogP contribution in [0.5, 0.6) is 0 Å². The van der Waals surface area contributed by atoms with E-state index in [0.717, 1.165) is 24.4 Å². The van der Waals surface area contributed by atoms with Crippen molar-refractivity contribution in [2.24, 2.45) is 0 Å². The van der Waals surface area contributed by atoms with Gasteiger partial charge in [0.05, 0.1) is 23.2 Å². The summed E-state index contributed by atoms with van der Waals surface area (Å²) < 4.78 is 0. The van der Waals surface area contributed by atoms with Gasteiger partial charge in [-0.15, -0.1) is 11.3 Å². The Morgan fingerprint density at radius 1 is 1.11 bits per heavy atom. The first-order chi connectivity index (χ1) is 17.9. The smallest absolute Gasteiger partial charge is 0.256 e. The van der Waals surface area contributed by atoms with Crippen LogP contribution >= 0.6 is 22.9 Å². The molecule has 1 aliphatic heterocycles. The van der Waals surface area contributed by atoms with E-state index in [9.17, 15) is 14.7 Å². The molecule has 1 amide bonds. The van der Waals surface area contributed by atoms with E-state index in [2.05, 4.69) is 28.6 Å². The Bertz CT molecular complexity index is 1530. The molecule has 3 heterocycles. The maximum absolute atomic E-state index is 13.3. The van der Waals surface area contributed by atoms with Gasteiger partial charge in [0.25, 0.3) is 11.5 Å². The Morgan fingerprint density at radius 2 is 1.92 bits per heavy atom. The maximum atomic E-state index is 13.3. The van der Waals surface area contributed by atoms with Gasteiger partial charge in [0.2, 0.25) is 0 Å². The van der Waals surface area contributed by atoms with Crippen molar-refractivity contribution in [1.29, 1.82) is 0 Å². The number of fused-ring (bicyclic) bond motifs is 1. The van der Waals surface area contributed by atoms with Crippen LogP contribution in [0.4, 0.5) is 0 Å². The Kier molecular flexibility index (Phi) is 6.23.